The largest absolute Gasteiger partial charge is 0.481 e. The maximum atomic E-state index is 12.8. The second-order valence-corrected chi connectivity index (χ2v) is 9.89. The van der Waals surface area contributed by atoms with Crippen molar-refractivity contribution in [2.45, 2.75) is 39.2 Å². The highest BCUT2D eigenvalue weighted by molar-refractivity contribution is 7.92. The number of sulfonamides is 1. The van der Waals surface area contributed by atoms with Crippen molar-refractivity contribution in [2.75, 3.05) is 34.4 Å². The van der Waals surface area contributed by atoms with Gasteiger partial charge in [-0.05, 0) is 67.8 Å². The van der Waals surface area contributed by atoms with Crippen LogP contribution in [0.5, 0.6) is 5.75 Å². The van der Waals surface area contributed by atoms with Crippen molar-refractivity contribution in [3.05, 3.63) is 48.0 Å². The molecule has 0 aliphatic carbocycles. The van der Waals surface area contributed by atoms with E-state index in [4.69, 9.17) is 4.74 Å². The van der Waals surface area contributed by atoms with E-state index < -0.39 is 16.1 Å². The van der Waals surface area contributed by atoms with E-state index in [0.29, 0.717) is 30.0 Å². The summed E-state index contributed by atoms with van der Waals surface area (Å²) in [6, 6.07) is 12.0. The third kappa shape index (κ3) is 5.40. The Kier molecular flexibility index (Phi) is 7.08. The van der Waals surface area contributed by atoms with Crippen LogP contribution in [0.25, 0.3) is 0 Å². The summed E-state index contributed by atoms with van der Waals surface area (Å²) in [4.78, 5) is 26.6. The van der Waals surface area contributed by atoms with Gasteiger partial charge in [-0.25, -0.2) is 8.42 Å². The highest BCUT2D eigenvalue weighted by Gasteiger charge is 2.24. The summed E-state index contributed by atoms with van der Waals surface area (Å²) >= 11 is 0. The van der Waals surface area contributed by atoms with Crippen molar-refractivity contribution in [3.63, 3.8) is 0 Å². The molecule has 2 amide bonds. The van der Waals surface area contributed by atoms with Gasteiger partial charge in [-0.3, -0.25) is 13.9 Å². The highest BCUT2D eigenvalue weighted by Crippen LogP contribution is 2.28. The zero-order valence-corrected chi connectivity index (χ0v) is 19.6. The Labute approximate surface area is 189 Å². The minimum absolute atomic E-state index is 0.123. The van der Waals surface area contributed by atoms with E-state index in [1.807, 2.05) is 26.0 Å². The van der Waals surface area contributed by atoms with E-state index in [1.165, 1.54) is 11.4 Å². The molecule has 32 heavy (non-hydrogen) atoms. The van der Waals surface area contributed by atoms with Gasteiger partial charge >= 0.3 is 0 Å². The second-order valence-electron chi connectivity index (χ2n) is 7.88. The highest BCUT2D eigenvalue weighted by atomic mass is 32.2. The van der Waals surface area contributed by atoms with Gasteiger partial charge < -0.3 is 15.0 Å². The number of nitrogens with one attached hydrogen (secondary N) is 1. The Hall–Kier alpha value is -3.07. The topological polar surface area (TPSA) is 96.0 Å². The zero-order valence-electron chi connectivity index (χ0n) is 18.8. The molecule has 1 fully saturated rings. The summed E-state index contributed by atoms with van der Waals surface area (Å²) in [5, 5.41) is 2.88. The van der Waals surface area contributed by atoms with E-state index in [1.54, 1.807) is 35.2 Å². The molecule has 0 aromatic heterocycles. The Morgan fingerprint density at radius 3 is 2.44 bits per heavy atom. The SMILES string of the molecule is CC[C@@H](Oc1ccc(N(C)S(C)(=O)=O)cc1)C(=O)Nc1ccc(N2CCCC2=O)c(C)c1. The molecule has 1 aliphatic rings. The molecule has 0 unspecified atom stereocenters. The van der Waals surface area contributed by atoms with Crippen LogP contribution in [0.2, 0.25) is 0 Å². The third-order valence-electron chi connectivity index (χ3n) is 5.47. The Bertz CT molecular complexity index is 1100. The first-order valence-corrected chi connectivity index (χ1v) is 12.4. The molecule has 172 valence electrons. The first kappa shape index (κ1) is 23.6. The standard InChI is InChI=1S/C23H29N3O5S/c1-5-21(31-19-11-9-18(10-12-19)25(3)32(4,29)30)23(28)24-17-8-13-20(16(2)15-17)26-14-6-7-22(26)27/h8-13,15,21H,5-7,14H2,1-4H3,(H,24,28)/t21-/m1/s1. The fourth-order valence-electron chi connectivity index (χ4n) is 3.57. The van der Waals surface area contributed by atoms with Crippen LogP contribution in [0.3, 0.4) is 0 Å². The summed E-state index contributed by atoms with van der Waals surface area (Å²) in [7, 11) is -1.88. The van der Waals surface area contributed by atoms with E-state index >= 15 is 0 Å². The fraction of sp³-hybridized carbons (Fsp3) is 0.391. The van der Waals surface area contributed by atoms with Crippen molar-refractivity contribution < 1.29 is 22.7 Å². The van der Waals surface area contributed by atoms with Crippen LogP contribution in [-0.2, 0) is 19.6 Å². The van der Waals surface area contributed by atoms with Gasteiger partial charge in [-0.1, -0.05) is 6.92 Å². The molecule has 8 nitrogen and oxygen atoms in total. The number of rotatable bonds is 8. The molecule has 1 heterocycles. The van der Waals surface area contributed by atoms with Gasteiger partial charge in [-0.2, -0.15) is 0 Å². The first-order chi connectivity index (χ1) is 15.1. The van der Waals surface area contributed by atoms with Gasteiger partial charge in [0, 0.05) is 31.4 Å². The average molecular weight is 460 g/mol. The summed E-state index contributed by atoms with van der Waals surface area (Å²) in [6.45, 7) is 4.48. The summed E-state index contributed by atoms with van der Waals surface area (Å²) in [6.07, 6.45) is 2.30. The van der Waals surface area contributed by atoms with Crippen LogP contribution in [0.15, 0.2) is 42.5 Å². The number of benzene rings is 2. The Balaban J connectivity index is 1.66. The van der Waals surface area contributed by atoms with Crippen LogP contribution in [-0.4, -0.2) is 46.2 Å². The predicted molar refractivity (Wildman–Crippen MR) is 126 cm³/mol. The molecular formula is C23H29N3O5S. The second kappa shape index (κ2) is 9.60. The molecule has 0 radical (unpaired) electrons. The molecule has 2 aromatic rings. The summed E-state index contributed by atoms with van der Waals surface area (Å²) < 4.78 is 30.3. The minimum Gasteiger partial charge on any atom is -0.481 e. The lowest BCUT2D eigenvalue weighted by molar-refractivity contribution is -0.122. The van der Waals surface area contributed by atoms with Crippen LogP contribution < -0.4 is 19.3 Å². The quantitative estimate of drug-likeness (QED) is 0.653. The van der Waals surface area contributed by atoms with Crippen molar-refractivity contribution in [1.29, 1.82) is 0 Å². The van der Waals surface area contributed by atoms with E-state index in [2.05, 4.69) is 5.32 Å². The molecule has 0 bridgehead atoms. The molecule has 0 saturated carbocycles. The molecule has 2 aromatic carbocycles. The van der Waals surface area contributed by atoms with E-state index in [-0.39, 0.29) is 11.8 Å². The number of nitrogens with zero attached hydrogens (tertiary/aromatic N) is 2. The van der Waals surface area contributed by atoms with Crippen LogP contribution in [0.1, 0.15) is 31.7 Å². The van der Waals surface area contributed by atoms with E-state index in [9.17, 15) is 18.0 Å². The van der Waals surface area contributed by atoms with Crippen LogP contribution >= 0.6 is 0 Å². The molecule has 3 rings (SSSR count). The van der Waals surface area contributed by atoms with Gasteiger partial charge in [0.25, 0.3) is 5.91 Å². The van der Waals surface area contributed by atoms with E-state index in [0.717, 1.165) is 30.5 Å². The fourth-order valence-corrected chi connectivity index (χ4v) is 4.08. The Morgan fingerprint density at radius 1 is 1.22 bits per heavy atom. The molecule has 1 N–H and O–H groups in total. The lowest BCUT2D eigenvalue weighted by atomic mass is 10.1. The minimum atomic E-state index is -3.35. The number of aryl methyl sites for hydroxylation is 1. The van der Waals surface area contributed by atoms with Gasteiger partial charge in [0.2, 0.25) is 15.9 Å². The maximum absolute atomic E-state index is 12.8. The number of hydrogen-bond acceptors (Lipinski definition) is 5. The lowest BCUT2D eigenvalue weighted by Gasteiger charge is -2.21. The van der Waals surface area contributed by atoms with Gasteiger partial charge in [0.05, 0.1) is 11.9 Å². The van der Waals surface area contributed by atoms with Crippen molar-refractivity contribution in [3.8, 4) is 5.75 Å². The maximum Gasteiger partial charge on any atom is 0.265 e. The first-order valence-electron chi connectivity index (χ1n) is 10.5. The number of carbonyl (C=O) groups is 2. The van der Waals surface area contributed by atoms with Crippen LogP contribution in [0, 0.1) is 6.92 Å². The van der Waals surface area contributed by atoms with Crippen molar-refractivity contribution >= 4 is 38.9 Å². The van der Waals surface area contributed by atoms with Gasteiger partial charge in [-0.15, -0.1) is 0 Å². The smallest absolute Gasteiger partial charge is 0.265 e. The molecule has 9 heteroatoms. The molecule has 1 saturated heterocycles. The number of amides is 2. The monoisotopic (exact) mass is 459 g/mol. The number of anilines is 3. The number of carbonyl (C=O) groups excluding carboxylic acids is 2. The number of ether oxygens (including phenoxy) is 1. The lowest BCUT2D eigenvalue weighted by Crippen LogP contribution is -2.32. The molecule has 1 atom stereocenters. The number of hydrogen-bond donors (Lipinski definition) is 1. The normalized spacial score (nSPS) is 14.9. The molecule has 1 aliphatic heterocycles. The predicted octanol–water partition coefficient (Wildman–Crippen LogP) is 3.31. The Morgan fingerprint density at radius 2 is 1.91 bits per heavy atom. The average Bonchev–Trinajstić information content (AvgIpc) is 3.17. The molecule has 0 spiro atoms. The van der Waals surface area contributed by atoms with Crippen molar-refractivity contribution in [1.82, 2.24) is 0 Å². The van der Waals surface area contributed by atoms with Gasteiger partial charge in [0.15, 0.2) is 6.10 Å². The summed E-state index contributed by atoms with van der Waals surface area (Å²) in [5.74, 6) is 0.309. The third-order valence-corrected chi connectivity index (χ3v) is 6.67. The zero-order chi connectivity index (χ0) is 23.5. The summed E-state index contributed by atoms with van der Waals surface area (Å²) in [5.41, 5.74) is 2.92. The van der Waals surface area contributed by atoms with Crippen LogP contribution in [0.4, 0.5) is 17.1 Å². The van der Waals surface area contributed by atoms with Gasteiger partial charge in [0.1, 0.15) is 5.75 Å². The molecular weight excluding hydrogens is 430 g/mol. The van der Waals surface area contributed by atoms with Crippen molar-refractivity contribution in [2.24, 2.45) is 0 Å².